The van der Waals surface area contributed by atoms with E-state index in [0.717, 1.165) is 0 Å². The number of hydrogen-bond acceptors (Lipinski definition) is 6. The quantitative estimate of drug-likeness (QED) is 0.373. The van der Waals surface area contributed by atoms with Crippen molar-refractivity contribution in [2.24, 2.45) is 5.92 Å². The van der Waals surface area contributed by atoms with Crippen LogP contribution in [0.1, 0.15) is 56.3 Å². The highest BCUT2D eigenvalue weighted by atomic mass is 16.5. The lowest BCUT2D eigenvalue weighted by molar-refractivity contribution is -0.121. The molecule has 31 heavy (non-hydrogen) atoms. The third kappa shape index (κ3) is 3.59. The van der Waals surface area contributed by atoms with E-state index in [0.29, 0.717) is 24.0 Å². The summed E-state index contributed by atoms with van der Waals surface area (Å²) < 4.78 is 5.21. The average Bonchev–Trinajstić information content (AvgIpc) is 2.81. The summed E-state index contributed by atoms with van der Waals surface area (Å²) in [5.74, 6) is -1.73. The molecule has 2 aromatic rings. The molecule has 0 aliphatic heterocycles. The number of terminal acetylenes is 1. The molecule has 4 rings (SSSR count). The third-order valence-electron chi connectivity index (χ3n) is 5.60. The van der Waals surface area contributed by atoms with Crippen LogP contribution in [0.15, 0.2) is 31.4 Å². The minimum absolute atomic E-state index is 0.00487. The van der Waals surface area contributed by atoms with Gasteiger partial charge in [0.2, 0.25) is 5.78 Å². The van der Waals surface area contributed by atoms with E-state index >= 15 is 0 Å². The van der Waals surface area contributed by atoms with E-state index in [-0.39, 0.29) is 57.6 Å². The summed E-state index contributed by atoms with van der Waals surface area (Å²) in [6.07, 6.45) is 9.12. The van der Waals surface area contributed by atoms with Crippen molar-refractivity contribution in [3.63, 3.8) is 0 Å². The van der Waals surface area contributed by atoms with Gasteiger partial charge in [-0.15, -0.1) is 26.0 Å². The number of phenols is 2. The predicted molar refractivity (Wildman–Crippen MR) is 117 cm³/mol. The van der Waals surface area contributed by atoms with Crippen LogP contribution in [0.5, 0.6) is 17.2 Å². The molecule has 0 heterocycles. The van der Waals surface area contributed by atoms with Crippen molar-refractivity contribution < 1.29 is 29.3 Å². The van der Waals surface area contributed by atoms with Gasteiger partial charge in [0.05, 0.1) is 23.8 Å². The first-order valence-corrected chi connectivity index (χ1v) is 9.56. The number of benzene rings is 2. The molecule has 6 heteroatoms. The molecule has 160 valence electrons. The van der Waals surface area contributed by atoms with Crippen LogP contribution in [0.3, 0.4) is 0 Å². The second-order valence-electron chi connectivity index (χ2n) is 7.00. The smallest absolute Gasteiger partial charge is 0.202 e. The number of phenolic OH excluding ortho intramolecular Hbond substituents is 2. The zero-order valence-electron chi connectivity index (χ0n) is 17.5. The minimum Gasteiger partial charge on any atom is -0.507 e. The number of carbonyl (C=O) groups is 3. The van der Waals surface area contributed by atoms with Crippen LogP contribution in [0.2, 0.25) is 0 Å². The van der Waals surface area contributed by atoms with Gasteiger partial charge < -0.3 is 14.9 Å². The van der Waals surface area contributed by atoms with Crippen molar-refractivity contribution in [2.45, 2.75) is 26.2 Å². The van der Waals surface area contributed by atoms with Gasteiger partial charge in [0.25, 0.3) is 0 Å². The molecule has 0 spiro atoms. The second kappa shape index (κ2) is 9.31. The van der Waals surface area contributed by atoms with Crippen molar-refractivity contribution in [1.29, 1.82) is 0 Å². The van der Waals surface area contributed by atoms with Crippen molar-refractivity contribution in [1.82, 2.24) is 0 Å². The SMILES string of the molecule is C#C.C=C.COc1cccc2c1C(=O)c1c(O)c3c(c(O)c1C2=O)C[C@@H](C(C)=O)CC3. The summed E-state index contributed by atoms with van der Waals surface area (Å²) in [6.45, 7) is 7.49. The maximum atomic E-state index is 13.1. The third-order valence-corrected chi connectivity index (χ3v) is 5.60. The first-order chi connectivity index (χ1) is 14.9. The van der Waals surface area contributed by atoms with Crippen LogP contribution in [0, 0.1) is 18.8 Å². The van der Waals surface area contributed by atoms with Crippen LogP contribution in [-0.4, -0.2) is 34.7 Å². The maximum absolute atomic E-state index is 13.1. The summed E-state index contributed by atoms with van der Waals surface area (Å²) in [5.41, 5.74) is 0.647. The number of rotatable bonds is 2. The van der Waals surface area contributed by atoms with Gasteiger partial charge in [0.15, 0.2) is 5.78 Å². The van der Waals surface area contributed by atoms with E-state index in [2.05, 4.69) is 26.0 Å². The first-order valence-electron chi connectivity index (χ1n) is 9.56. The standard InChI is InChI=1S/C21H18O6.C2H4.C2H2/c1-9(22)10-6-7-11-13(8-10)20(25)16-17(18(11)23)21(26)15-12(19(16)24)4-3-5-14(15)27-2;2*1-2/h3-5,10,23,25H,6-8H2,1-2H3;1-2H2;1-2H/t10-;;/m0../s1. The van der Waals surface area contributed by atoms with Gasteiger partial charge in [-0.05, 0) is 32.3 Å². The van der Waals surface area contributed by atoms with Crippen molar-refractivity contribution in [2.75, 3.05) is 7.11 Å². The van der Waals surface area contributed by atoms with E-state index < -0.39 is 11.6 Å². The molecule has 6 nitrogen and oxygen atoms in total. The van der Waals surface area contributed by atoms with Crippen LogP contribution >= 0.6 is 0 Å². The molecule has 0 saturated carbocycles. The number of methoxy groups -OCH3 is 1. The average molecular weight is 420 g/mol. The fourth-order valence-corrected chi connectivity index (χ4v) is 4.15. The van der Waals surface area contributed by atoms with Gasteiger partial charge in [0.1, 0.15) is 23.0 Å². The van der Waals surface area contributed by atoms with Gasteiger partial charge in [-0.1, -0.05) is 12.1 Å². The molecular weight excluding hydrogens is 396 g/mol. The largest absolute Gasteiger partial charge is 0.507 e. The molecule has 0 unspecified atom stereocenters. The zero-order chi connectivity index (χ0) is 23.5. The Morgan fingerprint density at radius 1 is 1.03 bits per heavy atom. The predicted octanol–water partition coefficient (Wildman–Crippen LogP) is 3.63. The van der Waals surface area contributed by atoms with Crippen molar-refractivity contribution >= 4 is 17.3 Å². The Morgan fingerprint density at radius 2 is 1.61 bits per heavy atom. The number of carbonyl (C=O) groups excluding carboxylic acids is 3. The topological polar surface area (TPSA) is 101 Å². The maximum Gasteiger partial charge on any atom is 0.202 e. The molecule has 2 aromatic carbocycles. The van der Waals surface area contributed by atoms with Gasteiger partial charge in [-0.2, -0.15) is 0 Å². The number of ketones is 3. The number of aromatic hydroxyl groups is 2. The molecule has 2 N–H and O–H groups in total. The van der Waals surface area contributed by atoms with Crippen molar-refractivity contribution in [3.05, 3.63) is 64.7 Å². The lowest BCUT2D eigenvalue weighted by Crippen LogP contribution is -2.26. The van der Waals surface area contributed by atoms with Gasteiger partial charge in [0, 0.05) is 22.6 Å². The molecule has 2 aliphatic carbocycles. The number of fused-ring (bicyclic) bond motifs is 3. The molecule has 0 bridgehead atoms. The Labute approximate surface area is 181 Å². The molecular formula is C25H24O6. The summed E-state index contributed by atoms with van der Waals surface area (Å²) in [6, 6.07) is 4.66. The fourth-order valence-electron chi connectivity index (χ4n) is 4.15. The molecule has 0 amide bonds. The summed E-state index contributed by atoms with van der Waals surface area (Å²) in [4.78, 5) is 37.9. The highest BCUT2D eigenvalue weighted by molar-refractivity contribution is 6.31. The van der Waals surface area contributed by atoms with E-state index in [4.69, 9.17) is 4.74 Å². The van der Waals surface area contributed by atoms with Crippen LogP contribution < -0.4 is 4.74 Å². The van der Waals surface area contributed by atoms with E-state index in [1.807, 2.05) is 0 Å². The van der Waals surface area contributed by atoms with Crippen LogP contribution in [0.25, 0.3) is 0 Å². The Kier molecular flexibility index (Phi) is 7.04. The Balaban J connectivity index is 0.000000807. The second-order valence-corrected chi connectivity index (χ2v) is 7.00. The van der Waals surface area contributed by atoms with E-state index in [1.54, 1.807) is 12.1 Å². The molecule has 0 aromatic heterocycles. The fraction of sp³-hybridized carbons (Fsp3) is 0.240. The Hall–Kier alpha value is -3.85. The molecule has 2 aliphatic rings. The van der Waals surface area contributed by atoms with Gasteiger partial charge >= 0.3 is 0 Å². The van der Waals surface area contributed by atoms with E-state index in [1.165, 1.54) is 20.1 Å². The lowest BCUT2D eigenvalue weighted by atomic mass is 9.75. The van der Waals surface area contributed by atoms with Gasteiger partial charge in [-0.25, -0.2) is 0 Å². The lowest BCUT2D eigenvalue weighted by Gasteiger charge is -2.29. The number of Topliss-reactive ketones (excluding diaryl/α,β-unsaturated/α-hetero) is 1. The number of ether oxygens (including phenoxy) is 1. The monoisotopic (exact) mass is 420 g/mol. The summed E-state index contributed by atoms with van der Waals surface area (Å²) in [5, 5.41) is 21.6. The molecule has 0 radical (unpaired) electrons. The van der Waals surface area contributed by atoms with E-state index in [9.17, 15) is 24.6 Å². The zero-order valence-corrected chi connectivity index (χ0v) is 17.5. The van der Waals surface area contributed by atoms with Gasteiger partial charge in [-0.3, -0.25) is 14.4 Å². The molecule has 0 saturated heterocycles. The van der Waals surface area contributed by atoms with Crippen molar-refractivity contribution in [3.8, 4) is 30.1 Å². The normalized spacial score (nSPS) is 15.7. The minimum atomic E-state index is -0.554. The highest BCUT2D eigenvalue weighted by Gasteiger charge is 2.40. The number of hydrogen-bond donors (Lipinski definition) is 2. The van der Waals surface area contributed by atoms with Crippen LogP contribution in [-0.2, 0) is 17.6 Å². The highest BCUT2D eigenvalue weighted by Crippen LogP contribution is 2.47. The Morgan fingerprint density at radius 3 is 2.19 bits per heavy atom. The summed E-state index contributed by atoms with van der Waals surface area (Å²) >= 11 is 0. The summed E-state index contributed by atoms with van der Waals surface area (Å²) in [7, 11) is 1.40. The van der Waals surface area contributed by atoms with Crippen LogP contribution in [0.4, 0.5) is 0 Å². The first kappa shape index (κ1) is 23.4. The molecule has 1 atom stereocenters. The Bertz CT molecular complexity index is 1090. The molecule has 0 fully saturated rings.